The van der Waals surface area contributed by atoms with E-state index in [4.69, 9.17) is 5.26 Å². The maximum Gasteiger partial charge on any atom is 0.0991 e. The second-order valence-electron chi connectivity index (χ2n) is 6.74. The number of aryl methyl sites for hydroxylation is 2. The maximum absolute atomic E-state index is 9.03. The summed E-state index contributed by atoms with van der Waals surface area (Å²) >= 11 is 0. The number of anilines is 1. The normalized spacial score (nSPS) is 10.6. The minimum absolute atomic E-state index is 0.678. The van der Waals surface area contributed by atoms with Gasteiger partial charge in [0.2, 0.25) is 0 Å². The Morgan fingerprint density at radius 3 is 2.67 bits per heavy atom. The van der Waals surface area contributed by atoms with Crippen LogP contribution in [-0.4, -0.2) is 22.6 Å². The van der Waals surface area contributed by atoms with Crippen molar-refractivity contribution < 1.29 is 0 Å². The van der Waals surface area contributed by atoms with Gasteiger partial charge in [-0.05, 0) is 36.8 Å². The SMILES string of the molecule is Cc1cccc(CNCCN(Cc2cncn2C)c2ccc(C#N)cc2)c1. The average Bonchev–Trinajstić information content (AvgIpc) is 3.09. The molecule has 2 aromatic carbocycles. The number of nitrogens with one attached hydrogen (secondary N) is 1. The second kappa shape index (κ2) is 9.02. The van der Waals surface area contributed by atoms with E-state index in [1.54, 1.807) is 0 Å². The Morgan fingerprint density at radius 1 is 1.19 bits per heavy atom. The summed E-state index contributed by atoms with van der Waals surface area (Å²) in [5.41, 5.74) is 5.51. The van der Waals surface area contributed by atoms with Gasteiger partial charge in [-0.3, -0.25) is 0 Å². The van der Waals surface area contributed by atoms with Crippen LogP contribution >= 0.6 is 0 Å². The van der Waals surface area contributed by atoms with E-state index in [1.165, 1.54) is 11.1 Å². The lowest BCUT2D eigenvalue weighted by atomic mass is 10.1. The molecule has 3 aromatic rings. The predicted molar refractivity (Wildman–Crippen MR) is 108 cm³/mol. The summed E-state index contributed by atoms with van der Waals surface area (Å²) in [5, 5.41) is 12.6. The Kier molecular flexibility index (Phi) is 6.24. The number of nitrogens with zero attached hydrogens (tertiary/aromatic N) is 4. The Bertz CT molecular complexity index is 905. The molecule has 138 valence electrons. The molecule has 1 N–H and O–H groups in total. The standard InChI is InChI=1S/C22H25N5/c1-18-4-3-5-20(12-18)14-24-10-11-27(16-22-15-25-17-26(22)2)21-8-6-19(13-23)7-9-21/h3-9,12,15,17,24H,10-11,14,16H2,1-2H3. The topological polar surface area (TPSA) is 56.9 Å². The highest BCUT2D eigenvalue weighted by Crippen LogP contribution is 2.17. The van der Waals surface area contributed by atoms with E-state index in [-0.39, 0.29) is 0 Å². The van der Waals surface area contributed by atoms with Crippen LogP contribution in [0.2, 0.25) is 0 Å². The van der Waals surface area contributed by atoms with E-state index < -0.39 is 0 Å². The molecule has 0 bridgehead atoms. The number of benzene rings is 2. The van der Waals surface area contributed by atoms with Crippen LogP contribution in [0.3, 0.4) is 0 Å². The van der Waals surface area contributed by atoms with Gasteiger partial charge in [-0.1, -0.05) is 29.8 Å². The third-order valence-corrected chi connectivity index (χ3v) is 4.60. The lowest BCUT2D eigenvalue weighted by Gasteiger charge is -2.25. The highest BCUT2D eigenvalue weighted by atomic mass is 15.2. The lowest BCUT2D eigenvalue weighted by molar-refractivity contribution is 0.647. The van der Waals surface area contributed by atoms with Gasteiger partial charge < -0.3 is 14.8 Å². The van der Waals surface area contributed by atoms with Crippen LogP contribution in [0.5, 0.6) is 0 Å². The molecule has 0 amide bonds. The smallest absolute Gasteiger partial charge is 0.0991 e. The zero-order valence-electron chi connectivity index (χ0n) is 15.9. The molecule has 0 radical (unpaired) electrons. The van der Waals surface area contributed by atoms with E-state index in [2.05, 4.69) is 52.5 Å². The van der Waals surface area contributed by atoms with Crippen LogP contribution in [0, 0.1) is 18.3 Å². The summed E-state index contributed by atoms with van der Waals surface area (Å²) in [4.78, 5) is 6.52. The maximum atomic E-state index is 9.03. The molecule has 1 heterocycles. The molecule has 0 fully saturated rings. The van der Waals surface area contributed by atoms with E-state index in [9.17, 15) is 0 Å². The molecular weight excluding hydrogens is 334 g/mol. The van der Waals surface area contributed by atoms with Crippen molar-refractivity contribution in [2.45, 2.75) is 20.0 Å². The fraction of sp³-hybridized carbons (Fsp3) is 0.273. The van der Waals surface area contributed by atoms with E-state index >= 15 is 0 Å². The minimum atomic E-state index is 0.678. The zero-order chi connectivity index (χ0) is 19.1. The summed E-state index contributed by atoms with van der Waals surface area (Å²) in [7, 11) is 2.01. The number of imidazole rings is 1. The summed E-state index contributed by atoms with van der Waals surface area (Å²) in [6.07, 6.45) is 3.72. The number of aromatic nitrogens is 2. The van der Waals surface area contributed by atoms with Crippen LogP contribution in [0.15, 0.2) is 61.1 Å². The van der Waals surface area contributed by atoms with Crippen molar-refractivity contribution in [3.63, 3.8) is 0 Å². The third-order valence-electron chi connectivity index (χ3n) is 4.60. The van der Waals surface area contributed by atoms with Crippen molar-refractivity contribution in [2.24, 2.45) is 7.05 Å². The van der Waals surface area contributed by atoms with E-state index in [0.29, 0.717) is 5.56 Å². The molecule has 0 spiro atoms. The van der Waals surface area contributed by atoms with Gasteiger partial charge in [0.15, 0.2) is 0 Å². The van der Waals surface area contributed by atoms with Gasteiger partial charge in [0.1, 0.15) is 0 Å². The van der Waals surface area contributed by atoms with Gasteiger partial charge in [-0.2, -0.15) is 5.26 Å². The fourth-order valence-electron chi connectivity index (χ4n) is 3.05. The second-order valence-corrected chi connectivity index (χ2v) is 6.74. The number of hydrogen-bond donors (Lipinski definition) is 1. The first-order valence-electron chi connectivity index (χ1n) is 9.12. The van der Waals surface area contributed by atoms with Gasteiger partial charge in [0, 0.05) is 38.6 Å². The fourth-order valence-corrected chi connectivity index (χ4v) is 3.05. The van der Waals surface area contributed by atoms with Crippen molar-refractivity contribution in [3.8, 4) is 6.07 Å². The molecule has 0 aliphatic carbocycles. The van der Waals surface area contributed by atoms with E-state index in [0.717, 1.165) is 37.6 Å². The molecule has 5 heteroatoms. The van der Waals surface area contributed by atoms with Crippen LogP contribution in [0.25, 0.3) is 0 Å². The van der Waals surface area contributed by atoms with Crippen LogP contribution in [-0.2, 0) is 20.1 Å². The Hall–Kier alpha value is -3.10. The van der Waals surface area contributed by atoms with Gasteiger partial charge in [0.05, 0.1) is 30.2 Å². The molecule has 0 atom stereocenters. The monoisotopic (exact) mass is 359 g/mol. The van der Waals surface area contributed by atoms with Crippen LogP contribution < -0.4 is 10.2 Å². The Balaban J connectivity index is 1.64. The first-order valence-corrected chi connectivity index (χ1v) is 9.12. The molecule has 1 aromatic heterocycles. The van der Waals surface area contributed by atoms with Crippen molar-refractivity contribution in [2.75, 3.05) is 18.0 Å². The summed E-state index contributed by atoms with van der Waals surface area (Å²) in [6, 6.07) is 18.5. The average molecular weight is 359 g/mol. The molecule has 5 nitrogen and oxygen atoms in total. The van der Waals surface area contributed by atoms with Crippen molar-refractivity contribution >= 4 is 5.69 Å². The van der Waals surface area contributed by atoms with Gasteiger partial charge in [-0.15, -0.1) is 0 Å². The first-order chi connectivity index (χ1) is 13.2. The zero-order valence-corrected chi connectivity index (χ0v) is 15.9. The summed E-state index contributed by atoms with van der Waals surface area (Å²) in [5.74, 6) is 0. The highest BCUT2D eigenvalue weighted by molar-refractivity contribution is 5.50. The van der Waals surface area contributed by atoms with Crippen LogP contribution in [0.4, 0.5) is 5.69 Å². The number of rotatable bonds is 8. The minimum Gasteiger partial charge on any atom is -0.364 e. The summed E-state index contributed by atoms with van der Waals surface area (Å²) < 4.78 is 2.04. The van der Waals surface area contributed by atoms with Crippen molar-refractivity contribution in [3.05, 3.63) is 83.4 Å². The molecule has 0 saturated carbocycles. The van der Waals surface area contributed by atoms with Crippen molar-refractivity contribution in [1.29, 1.82) is 5.26 Å². The first kappa shape index (κ1) is 18.7. The molecule has 27 heavy (non-hydrogen) atoms. The Morgan fingerprint density at radius 2 is 2.00 bits per heavy atom. The van der Waals surface area contributed by atoms with Crippen LogP contribution in [0.1, 0.15) is 22.4 Å². The summed E-state index contributed by atoms with van der Waals surface area (Å²) in [6.45, 7) is 5.47. The highest BCUT2D eigenvalue weighted by Gasteiger charge is 2.10. The molecule has 0 aliphatic heterocycles. The number of nitriles is 1. The molecule has 3 rings (SSSR count). The van der Waals surface area contributed by atoms with Crippen molar-refractivity contribution in [1.82, 2.24) is 14.9 Å². The largest absolute Gasteiger partial charge is 0.364 e. The molecular formula is C22H25N5. The molecule has 0 aliphatic rings. The molecule has 0 saturated heterocycles. The van der Waals surface area contributed by atoms with Gasteiger partial charge >= 0.3 is 0 Å². The number of hydrogen-bond acceptors (Lipinski definition) is 4. The quantitative estimate of drug-likeness (QED) is 0.626. The lowest BCUT2D eigenvalue weighted by Crippen LogP contribution is -2.32. The Labute approximate surface area is 160 Å². The third kappa shape index (κ3) is 5.19. The predicted octanol–water partition coefficient (Wildman–Crippen LogP) is 3.40. The van der Waals surface area contributed by atoms with Gasteiger partial charge in [-0.25, -0.2) is 4.98 Å². The van der Waals surface area contributed by atoms with E-state index in [1.807, 2.05) is 48.4 Å². The van der Waals surface area contributed by atoms with Gasteiger partial charge in [0.25, 0.3) is 0 Å². The molecule has 0 unspecified atom stereocenters.